The molecule has 0 spiro atoms. The third-order valence-corrected chi connectivity index (χ3v) is 6.45. The van der Waals surface area contributed by atoms with Crippen molar-refractivity contribution < 1.29 is 4.79 Å². The molecule has 0 atom stereocenters. The number of thiazole rings is 1. The molecular formula is C21H18N4O3S2. The van der Waals surface area contributed by atoms with E-state index in [1.165, 1.54) is 4.68 Å². The lowest BCUT2D eigenvalue weighted by Crippen LogP contribution is -2.31. The highest BCUT2D eigenvalue weighted by Crippen LogP contribution is 2.30. The zero-order valence-corrected chi connectivity index (χ0v) is 17.7. The second kappa shape index (κ2) is 8.68. The molecule has 4 rings (SSSR count). The Morgan fingerprint density at radius 3 is 2.57 bits per heavy atom. The van der Waals surface area contributed by atoms with Gasteiger partial charge in [0.05, 0.1) is 17.3 Å². The molecule has 0 aliphatic carbocycles. The zero-order valence-electron chi connectivity index (χ0n) is 16.0. The van der Waals surface area contributed by atoms with E-state index in [4.69, 9.17) is 0 Å². The highest BCUT2D eigenvalue weighted by atomic mass is 32.2. The zero-order chi connectivity index (χ0) is 21.1. The number of nitrogens with one attached hydrogen (secondary N) is 2. The van der Waals surface area contributed by atoms with Crippen LogP contribution < -0.4 is 16.4 Å². The lowest BCUT2D eigenvalue weighted by atomic mass is 10.2. The molecule has 152 valence electrons. The quantitative estimate of drug-likeness (QED) is 0.479. The number of benzene rings is 2. The van der Waals surface area contributed by atoms with Crippen LogP contribution in [0.25, 0.3) is 10.8 Å². The molecule has 0 saturated heterocycles. The van der Waals surface area contributed by atoms with Gasteiger partial charge in [0.15, 0.2) is 4.34 Å². The van der Waals surface area contributed by atoms with Crippen LogP contribution in [0.1, 0.15) is 12.1 Å². The van der Waals surface area contributed by atoms with E-state index in [-0.39, 0.29) is 30.0 Å². The van der Waals surface area contributed by atoms with Crippen LogP contribution in [-0.2, 0) is 11.3 Å². The molecular weight excluding hydrogens is 420 g/mol. The maximum Gasteiger partial charge on any atom is 0.273 e. The van der Waals surface area contributed by atoms with Crippen molar-refractivity contribution in [2.24, 2.45) is 0 Å². The highest BCUT2D eigenvalue weighted by Gasteiger charge is 2.09. The molecule has 2 heterocycles. The van der Waals surface area contributed by atoms with Crippen molar-refractivity contribution in [2.45, 2.75) is 29.1 Å². The lowest BCUT2D eigenvalue weighted by molar-refractivity contribution is -0.116. The second-order valence-electron chi connectivity index (χ2n) is 6.62. The molecule has 0 unspecified atom stereocenters. The number of carbonyl (C=O) groups excluding carboxylic acids is 1. The molecule has 4 aromatic rings. The second-order valence-corrected chi connectivity index (χ2v) is 8.80. The number of hydrogen-bond donors (Lipinski definition) is 2. The first-order valence-corrected chi connectivity index (χ1v) is 10.9. The first-order valence-electron chi connectivity index (χ1n) is 9.21. The van der Waals surface area contributed by atoms with Gasteiger partial charge >= 0.3 is 0 Å². The minimum Gasteiger partial charge on any atom is -0.326 e. The summed E-state index contributed by atoms with van der Waals surface area (Å²) in [5, 5.41) is 8.03. The maximum atomic E-state index is 12.5. The Morgan fingerprint density at radius 2 is 1.87 bits per heavy atom. The SMILES string of the molecule is Cc1csc(Sc2ccc(NC(=O)CCn3[nH]c(=O)c4ccccc4c3=O)cc2)n1. The van der Waals surface area contributed by atoms with Crippen LogP contribution in [0.4, 0.5) is 5.69 Å². The van der Waals surface area contributed by atoms with Gasteiger partial charge in [-0.1, -0.05) is 23.9 Å². The van der Waals surface area contributed by atoms with Crippen LogP contribution in [0.3, 0.4) is 0 Å². The summed E-state index contributed by atoms with van der Waals surface area (Å²) in [7, 11) is 0. The first kappa shape index (κ1) is 20.1. The van der Waals surface area contributed by atoms with Crippen molar-refractivity contribution in [1.29, 1.82) is 0 Å². The van der Waals surface area contributed by atoms with Gasteiger partial charge in [-0.05, 0) is 43.3 Å². The van der Waals surface area contributed by atoms with E-state index in [2.05, 4.69) is 15.4 Å². The molecule has 2 aromatic carbocycles. The maximum absolute atomic E-state index is 12.5. The number of nitrogens with zero attached hydrogens (tertiary/aromatic N) is 2. The monoisotopic (exact) mass is 438 g/mol. The molecule has 0 fully saturated rings. The topological polar surface area (TPSA) is 96.9 Å². The van der Waals surface area contributed by atoms with Gasteiger partial charge in [-0.2, -0.15) is 0 Å². The Labute approximate surface area is 179 Å². The van der Waals surface area contributed by atoms with Gasteiger partial charge in [-0.15, -0.1) is 11.3 Å². The number of fused-ring (bicyclic) bond motifs is 1. The summed E-state index contributed by atoms with van der Waals surface area (Å²) in [6, 6.07) is 14.1. The summed E-state index contributed by atoms with van der Waals surface area (Å²) >= 11 is 3.17. The van der Waals surface area contributed by atoms with E-state index < -0.39 is 0 Å². The van der Waals surface area contributed by atoms with E-state index in [9.17, 15) is 14.4 Å². The van der Waals surface area contributed by atoms with Gasteiger partial charge in [0.25, 0.3) is 11.1 Å². The third-order valence-electron chi connectivity index (χ3n) is 4.39. The molecule has 2 N–H and O–H groups in total. The Hall–Kier alpha value is -3.17. The van der Waals surface area contributed by atoms with Crippen LogP contribution in [-0.4, -0.2) is 20.7 Å². The smallest absolute Gasteiger partial charge is 0.273 e. The van der Waals surface area contributed by atoms with Gasteiger partial charge in [0.2, 0.25) is 5.91 Å². The molecule has 7 nitrogen and oxygen atoms in total. The van der Waals surface area contributed by atoms with Crippen LogP contribution in [0.15, 0.2) is 72.7 Å². The number of amides is 1. The first-order chi connectivity index (χ1) is 14.5. The summed E-state index contributed by atoms with van der Waals surface area (Å²) in [5.74, 6) is -0.244. The van der Waals surface area contributed by atoms with Gasteiger partial charge in [0, 0.05) is 28.1 Å². The number of aromatic amines is 1. The van der Waals surface area contributed by atoms with Crippen LogP contribution in [0.2, 0.25) is 0 Å². The highest BCUT2D eigenvalue weighted by molar-refractivity contribution is 8.01. The number of aromatic nitrogens is 3. The van der Waals surface area contributed by atoms with Crippen molar-refractivity contribution in [3.8, 4) is 0 Å². The number of aryl methyl sites for hydroxylation is 2. The predicted molar refractivity (Wildman–Crippen MR) is 119 cm³/mol. The van der Waals surface area contributed by atoms with Crippen molar-refractivity contribution in [3.05, 3.63) is 80.3 Å². The fourth-order valence-electron chi connectivity index (χ4n) is 2.93. The molecule has 9 heteroatoms. The molecule has 0 saturated carbocycles. The summed E-state index contributed by atoms with van der Waals surface area (Å²) < 4.78 is 2.15. The van der Waals surface area contributed by atoms with Crippen molar-refractivity contribution in [2.75, 3.05) is 5.32 Å². The van der Waals surface area contributed by atoms with E-state index in [1.807, 2.05) is 36.6 Å². The Morgan fingerprint density at radius 1 is 1.13 bits per heavy atom. The summed E-state index contributed by atoms with van der Waals surface area (Å²) in [6.07, 6.45) is 0.0586. The molecule has 2 aromatic heterocycles. The molecule has 30 heavy (non-hydrogen) atoms. The van der Waals surface area contributed by atoms with Gasteiger partial charge < -0.3 is 5.32 Å². The number of rotatable bonds is 6. The fraction of sp³-hybridized carbons (Fsp3) is 0.143. The minimum atomic E-state index is -0.353. The van der Waals surface area contributed by atoms with E-state index in [0.717, 1.165) is 14.9 Å². The Balaban J connectivity index is 1.38. The van der Waals surface area contributed by atoms with Gasteiger partial charge in [-0.3, -0.25) is 19.5 Å². The van der Waals surface area contributed by atoms with Crippen LogP contribution in [0, 0.1) is 6.92 Å². The van der Waals surface area contributed by atoms with Crippen LogP contribution >= 0.6 is 23.1 Å². The average molecular weight is 439 g/mol. The number of anilines is 1. The average Bonchev–Trinajstić information content (AvgIpc) is 3.15. The number of H-pyrrole nitrogens is 1. The molecule has 0 radical (unpaired) electrons. The fourth-order valence-corrected chi connectivity index (χ4v) is 4.74. The number of carbonyl (C=O) groups is 1. The predicted octanol–water partition coefficient (Wildman–Crippen LogP) is 3.63. The molecule has 0 aliphatic rings. The summed E-state index contributed by atoms with van der Waals surface area (Å²) in [5.41, 5.74) is 0.989. The van der Waals surface area contributed by atoms with Crippen molar-refractivity contribution in [1.82, 2.24) is 14.8 Å². The molecule has 1 amide bonds. The lowest BCUT2D eigenvalue weighted by Gasteiger charge is -2.08. The van der Waals surface area contributed by atoms with Gasteiger partial charge in [0.1, 0.15) is 0 Å². The van der Waals surface area contributed by atoms with E-state index in [0.29, 0.717) is 16.5 Å². The van der Waals surface area contributed by atoms with Crippen LogP contribution in [0.5, 0.6) is 0 Å². The number of hydrogen-bond acceptors (Lipinski definition) is 6. The van der Waals surface area contributed by atoms with Crippen molar-refractivity contribution >= 4 is 45.5 Å². The normalized spacial score (nSPS) is 11.0. The minimum absolute atomic E-state index is 0.0586. The summed E-state index contributed by atoms with van der Waals surface area (Å²) in [6.45, 7) is 2.04. The van der Waals surface area contributed by atoms with Gasteiger partial charge in [-0.25, -0.2) is 9.67 Å². The third kappa shape index (κ3) is 4.52. The Kier molecular flexibility index (Phi) is 5.82. The van der Waals surface area contributed by atoms with E-state index >= 15 is 0 Å². The Bertz CT molecular complexity index is 1320. The molecule has 0 aliphatic heterocycles. The molecule has 0 bridgehead atoms. The van der Waals surface area contributed by atoms with Crippen molar-refractivity contribution in [3.63, 3.8) is 0 Å². The van der Waals surface area contributed by atoms with E-state index in [1.54, 1.807) is 47.4 Å². The largest absolute Gasteiger partial charge is 0.326 e. The standard InChI is InChI=1S/C21H18N4O3S2/c1-13-12-29-21(22-13)30-15-8-6-14(7-9-15)23-18(26)10-11-25-20(28)17-5-3-2-4-16(17)19(27)24-25/h2-9,12H,10-11H2,1H3,(H,23,26)(H,24,27). The summed E-state index contributed by atoms with van der Waals surface area (Å²) in [4.78, 5) is 42.4.